The van der Waals surface area contributed by atoms with Crippen molar-refractivity contribution in [2.24, 2.45) is 7.05 Å². The summed E-state index contributed by atoms with van der Waals surface area (Å²) in [7, 11) is 3.10. The molecule has 0 bridgehead atoms. The molecule has 3 aromatic carbocycles. The molecule has 224 valence electrons. The summed E-state index contributed by atoms with van der Waals surface area (Å²) in [5.41, 5.74) is 1.49. The number of ether oxygens (including phenoxy) is 3. The molecule has 0 saturated heterocycles. The van der Waals surface area contributed by atoms with Gasteiger partial charge in [0.15, 0.2) is 5.82 Å². The number of carbonyl (C=O) groups excluding carboxylic acids is 1. The van der Waals surface area contributed by atoms with Crippen LogP contribution >= 0.6 is 0 Å². The van der Waals surface area contributed by atoms with E-state index in [0.29, 0.717) is 58.9 Å². The summed E-state index contributed by atoms with van der Waals surface area (Å²) in [6, 6.07) is 12.5. The van der Waals surface area contributed by atoms with E-state index in [9.17, 15) is 18.0 Å². The maximum Gasteiger partial charge on any atom is 0.417 e. The number of esters is 1. The van der Waals surface area contributed by atoms with Crippen molar-refractivity contribution in [1.29, 1.82) is 0 Å². The van der Waals surface area contributed by atoms with E-state index in [4.69, 9.17) is 14.2 Å². The number of fused-ring (bicyclic) bond motifs is 2. The van der Waals surface area contributed by atoms with Gasteiger partial charge in [-0.25, -0.2) is 9.37 Å². The molecule has 2 atom stereocenters. The van der Waals surface area contributed by atoms with Gasteiger partial charge in [-0.3, -0.25) is 9.48 Å². The van der Waals surface area contributed by atoms with Gasteiger partial charge in [0.05, 0.1) is 32.3 Å². The number of halogens is 4. The fourth-order valence-corrected chi connectivity index (χ4v) is 5.97. The molecule has 1 aromatic heterocycles. The Hall–Kier alpha value is -4.41. The number of aromatic nitrogens is 3. The molecule has 6 rings (SSSR count). The predicted octanol–water partition coefficient (Wildman–Crippen LogP) is 6.76. The highest BCUT2D eigenvalue weighted by Crippen LogP contribution is 2.47. The molecular formula is C32H29F4N3O4. The Morgan fingerprint density at radius 1 is 1.09 bits per heavy atom. The van der Waals surface area contributed by atoms with Gasteiger partial charge in [-0.1, -0.05) is 30.3 Å². The SMILES string of the molecule is COC(=O)CC1COc2cc(OCC3CCc4c(-c5ccc(-c6nc(C)n(C)n6)cc5)c(C(F)(F)F)cc(F)c43)ccc21. The van der Waals surface area contributed by atoms with Crippen LogP contribution in [0.1, 0.15) is 52.8 Å². The van der Waals surface area contributed by atoms with Crippen molar-refractivity contribution in [3.63, 3.8) is 0 Å². The fraction of sp³-hybridized carbons (Fsp3) is 0.344. The third-order valence-electron chi connectivity index (χ3n) is 8.25. The van der Waals surface area contributed by atoms with E-state index in [1.165, 1.54) is 7.11 Å². The maximum absolute atomic E-state index is 15.4. The second-order valence-electron chi connectivity index (χ2n) is 10.9. The summed E-state index contributed by atoms with van der Waals surface area (Å²) < 4.78 is 76.2. The molecule has 0 saturated carbocycles. The first-order valence-corrected chi connectivity index (χ1v) is 13.9. The lowest BCUT2D eigenvalue weighted by Gasteiger charge is -2.20. The zero-order valence-corrected chi connectivity index (χ0v) is 23.8. The van der Waals surface area contributed by atoms with Gasteiger partial charge in [-0.2, -0.15) is 18.3 Å². The monoisotopic (exact) mass is 595 g/mol. The summed E-state index contributed by atoms with van der Waals surface area (Å²) in [6.45, 7) is 2.24. The summed E-state index contributed by atoms with van der Waals surface area (Å²) in [6.07, 6.45) is -3.82. The highest BCUT2D eigenvalue weighted by Gasteiger charge is 2.40. The van der Waals surface area contributed by atoms with E-state index >= 15 is 4.39 Å². The highest BCUT2D eigenvalue weighted by molar-refractivity contribution is 5.76. The molecule has 0 amide bonds. The number of rotatable bonds is 7. The molecule has 1 aliphatic heterocycles. The lowest BCUT2D eigenvalue weighted by molar-refractivity contribution is -0.141. The van der Waals surface area contributed by atoms with Gasteiger partial charge in [-0.05, 0) is 54.2 Å². The smallest absolute Gasteiger partial charge is 0.417 e. The Morgan fingerprint density at radius 2 is 1.84 bits per heavy atom. The van der Waals surface area contributed by atoms with E-state index in [1.54, 1.807) is 48.1 Å². The highest BCUT2D eigenvalue weighted by atomic mass is 19.4. The van der Waals surface area contributed by atoms with Gasteiger partial charge in [0.2, 0.25) is 0 Å². The molecule has 4 aromatic rings. The first-order chi connectivity index (χ1) is 20.5. The van der Waals surface area contributed by atoms with Gasteiger partial charge in [-0.15, -0.1) is 0 Å². The Morgan fingerprint density at radius 3 is 2.51 bits per heavy atom. The zero-order valence-electron chi connectivity index (χ0n) is 23.8. The normalized spacial score (nSPS) is 17.4. The third kappa shape index (κ3) is 5.44. The third-order valence-corrected chi connectivity index (χ3v) is 8.25. The van der Waals surface area contributed by atoms with Crippen LogP contribution in [0, 0.1) is 12.7 Å². The van der Waals surface area contributed by atoms with Crippen LogP contribution in [0.2, 0.25) is 0 Å². The van der Waals surface area contributed by atoms with Crippen molar-refractivity contribution in [3.05, 3.63) is 82.4 Å². The van der Waals surface area contributed by atoms with Crippen molar-refractivity contribution in [2.45, 2.75) is 44.2 Å². The number of benzene rings is 3. The molecule has 0 fully saturated rings. The number of carbonyl (C=O) groups is 1. The van der Waals surface area contributed by atoms with Gasteiger partial charge in [0, 0.05) is 36.1 Å². The predicted molar refractivity (Wildman–Crippen MR) is 149 cm³/mol. The largest absolute Gasteiger partial charge is 0.493 e. The molecule has 0 spiro atoms. The molecule has 1 aliphatic carbocycles. The minimum absolute atomic E-state index is 0.00862. The van der Waals surface area contributed by atoms with E-state index < -0.39 is 23.5 Å². The molecule has 2 aliphatic rings. The van der Waals surface area contributed by atoms with Gasteiger partial charge in [0.25, 0.3) is 0 Å². The Bertz CT molecular complexity index is 1680. The second kappa shape index (κ2) is 11.0. The van der Waals surface area contributed by atoms with E-state index in [-0.39, 0.29) is 42.5 Å². The maximum atomic E-state index is 15.4. The van der Waals surface area contributed by atoms with Crippen LogP contribution in [-0.4, -0.2) is 41.1 Å². The number of nitrogens with zero attached hydrogens (tertiary/aromatic N) is 3. The molecular weight excluding hydrogens is 566 g/mol. The molecule has 2 heterocycles. The first kappa shape index (κ1) is 28.7. The van der Waals surface area contributed by atoms with Gasteiger partial charge >= 0.3 is 12.1 Å². The Kier molecular flexibility index (Phi) is 7.35. The lowest BCUT2D eigenvalue weighted by atomic mass is 9.89. The quantitative estimate of drug-likeness (QED) is 0.174. The van der Waals surface area contributed by atoms with Crippen LogP contribution in [-0.2, 0) is 29.2 Å². The van der Waals surface area contributed by atoms with Crippen LogP contribution in [0.4, 0.5) is 17.6 Å². The number of methoxy groups -OCH3 is 1. The molecule has 11 heteroatoms. The van der Waals surface area contributed by atoms with Crippen molar-refractivity contribution < 1.29 is 36.6 Å². The van der Waals surface area contributed by atoms with E-state index in [1.807, 2.05) is 13.0 Å². The van der Waals surface area contributed by atoms with Crippen LogP contribution < -0.4 is 9.47 Å². The van der Waals surface area contributed by atoms with Crippen LogP contribution in [0.5, 0.6) is 11.5 Å². The Labute approximate surface area is 245 Å². The van der Waals surface area contributed by atoms with Crippen molar-refractivity contribution in [1.82, 2.24) is 14.8 Å². The van der Waals surface area contributed by atoms with Crippen LogP contribution in [0.25, 0.3) is 22.5 Å². The first-order valence-electron chi connectivity index (χ1n) is 13.9. The van der Waals surface area contributed by atoms with Crippen molar-refractivity contribution in [2.75, 3.05) is 20.3 Å². The molecule has 7 nitrogen and oxygen atoms in total. The fourth-order valence-electron chi connectivity index (χ4n) is 5.97. The summed E-state index contributed by atoms with van der Waals surface area (Å²) >= 11 is 0. The number of hydrogen-bond donors (Lipinski definition) is 0. The van der Waals surface area contributed by atoms with Crippen LogP contribution in [0.15, 0.2) is 48.5 Å². The zero-order chi connectivity index (χ0) is 30.5. The lowest BCUT2D eigenvalue weighted by Crippen LogP contribution is -2.13. The molecule has 0 radical (unpaired) electrons. The van der Waals surface area contributed by atoms with Crippen molar-refractivity contribution in [3.8, 4) is 34.0 Å². The standard InChI is InChI=1S/C32H29F4N3O4/c1-17-37-31(38-39(17)2)19-6-4-18(5-7-19)29-24-10-8-20(30(24)26(33)14-25(29)32(34,35)36)15-42-22-9-11-23-21(12-28(40)41-3)16-43-27(23)13-22/h4-7,9,11,13-14,20-21H,8,10,12,15-16H2,1-3H3. The summed E-state index contributed by atoms with van der Waals surface area (Å²) in [4.78, 5) is 16.1. The summed E-state index contributed by atoms with van der Waals surface area (Å²) in [5.74, 6) is 0.508. The molecule has 0 N–H and O–H groups in total. The average molecular weight is 596 g/mol. The Balaban J connectivity index is 1.27. The minimum atomic E-state index is -4.74. The topological polar surface area (TPSA) is 75.5 Å². The average Bonchev–Trinajstić information content (AvgIpc) is 3.68. The molecule has 43 heavy (non-hydrogen) atoms. The number of alkyl halides is 3. The summed E-state index contributed by atoms with van der Waals surface area (Å²) in [5, 5.41) is 4.34. The molecule has 2 unspecified atom stereocenters. The minimum Gasteiger partial charge on any atom is -0.493 e. The number of aryl methyl sites for hydroxylation is 2. The van der Waals surface area contributed by atoms with Gasteiger partial charge < -0.3 is 14.2 Å². The van der Waals surface area contributed by atoms with E-state index in [2.05, 4.69) is 10.1 Å². The number of hydrogen-bond acceptors (Lipinski definition) is 6. The second-order valence-corrected chi connectivity index (χ2v) is 10.9. The van der Waals surface area contributed by atoms with Crippen LogP contribution in [0.3, 0.4) is 0 Å². The van der Waals surface area contributed by atoms with Gasteiger partial charge in [0.1, 0.15) is 23.1 Å². The van der Waals surface area contributed by atoms with Crippen molar-refractivity contribution >= 4 is 5.97 Å². The van der Waals surface area contributed by atoms with E-state index in [0.717, 1.165) is 5.56 Å².